The van der Waals surface area contributed by atoms with Crippen molar-refractivity contribution in [2.45, 2.75) is 13.0 Å². The first-order valence-corrected chi connectivity index (χ1v) is 5.85. The van der Waals surface area contributed by atoms with Gasteiger partial charge in [0, 0.05) is 19.2 Å². The number of aliphatic hydroxyl groups is 1. The zero-order valence-corrected chi connectivity index (χ0v) is 10.8. The van der Waals surface area contributed by atoms with Crippen molar-refractivity contribution in [1.29, 1.82) is 0 Å². The number of likely N-dealkylation sites (N-methyl/N-ethyl adjacent to an activating group) is 1. The van der Waals surface area contributed by atoms with Crippen LogP contribution in [0.4, 0.5) is 0 Å². The molecule has 1 atom stereocenters. The average molecular weight is 261 g/mol. The summed E-state index contributed by atoms with van der Waals surface area (Å²) in [7, 11) is 1.65. The predicted octanol–water partition coefficient (Wildman–Crippen LogP) is 0.115. The Morgan fingerprint density at radius 1 is 1.53 bits per heavy atom. The van der Waals surface area contributed by atoms with Crippen molar-refractivity contribution >= 4 is 5.91 Å². The molecule has 1 aromatic carbocycles. The monoisotopic (exact) mass is 261 g/mol. The van der Waals surface area contributed by atoms with Crippen molar-refractivity contribution in [2.24, 2.45) is 0 Å². The molecule has 2 aromatic rings. The minimum atomic E-state index is -0.559. The molecule has 2 rings (SSSR count). The Kier molecular flexibility index (Phi) is 3.86. The highest BCUT2D eigenvalue weighted by Gasteiger charge is 2.14. The lowest BCUT2D eigenvalue weighted by atomic mass is 10.1. The second kappa shape index (κ2) is 5.57. The Hall–Kier alpha value is -2.28. The second-order valence-electron chi connectivity index (χ2n) is 4.34. The fourth-order valence-electron chi connectivity index (χ4n) is 1.76. The maximum atomic E-state index is 12.2. The van der Waals surface area contributed by atoms with E-state index >= 15 is 0 Å². The first-order chi connectivity index (χ1) is 9.08. The van der Waals surface area contributed by atoms with Gasteiger partial charge >= 0.3 is 0 Å². The lowest BCUT2D eigenvalue weighted by Gasteiger charge is -2.19. The Labute approximate surface area is 110 Å². The molecule has 0 saturated heterocycles. The highest BCUT2D eigenvalue weighted by molar-refractivity contribution is 5.94. The summed E-state index contributed by atoms with van der Waals surface area (Å²) in [6.07, 6.45) is 0.903. The van der Waals surface area contributed by atoms with E-state index in [9.17, 15) is 9.90 Å². The number of tetrazole rings is 1. The van der Waals surface area contributed by atoms with Crippen LogP contribution in [-0.4, -0.2) is 55.8 Å². The van der Waals surface area contributed by atoms with Crippen LogP contribution in [0.3, 0.4) is 0 Å². The molecule has 1 aromatic heterocycles. The SMILES string of the molecule is CC(O)CN(C)C(=O)c1cccc(-n2cnnn2)c1. The van der Waals surface area contributed by atoms with Gasteiger partial charge in [0.2, 0.25) is 0 Å². The van der Waals surface area contributed by atoms with Gasteiger partial charge in [-0.25, -0.2) is 4.68 Å². The first-order valence-electron chi connectivity index (χ1n) is 5.85. The molecule has 7 heteroatoms. The van der Waals surface area contributed by atoms with Gasteiger partial charge in [0.05, 0.1) is 11.8 Å². The summed E-state index contributed by atoms with van der Waals surface area (Å²) in [4.78, 5) is 13.6. The summed E-state index contributed by atoms with van der Waals surface area (Å²) in [5.41, 5.74) is 1.23. The van der Waals surface area contributed by atoms with Crippen molar-refractivity contribution in [3.8, 4) is 5.69 Å². The maximum absolute atomic E-state index is 12.2. The van der Waals surface area contributed by atoms with Crippen LogP contribution < -0.4 is 0 Å². The minimum absolute atomic E-state index is 0.157. The number of aliphatic hydroxyl groups excluding tert-OH is 1. The van der Waals surface area contributed by atoms with Gasteiger partial charge in [0.1, 0.15) is 6.33 Å². The molecule has 1 N–H and O–H groups in total. The molecule has 7 nitrogen and oxygen atoms in total. The second-order valence-corrected chi connectivity index (χ2v) is 4.34. The molecule has 0 saturated carbocycles. The summed E-state index contributed by atoms with van der Waals surface area (Å²) < 4.78 is 1.48. The van der Waals surface area contributed by atoms with Crippen molar-refractivity contribution in [3.63, 3.8) is 0 Å². The summed E-state index contributed by atoms with van der Waals surface area (Å²) in [6, 6.07) is 6.99. The normalized spacial score (nSPS) is 12.2. The van der Waals surface area contributed by atoms with E-state index in [1.807, 2.05) is 6.07 Å². The molecule has 0 spiro atoms. The van der Waals surface area contributed by atoms with Crippen molar-refractivity contribution in [3.05, 3.63) is 36.2 Å². The number of aromatic nitrogens is 4. The Morgan fingerprint density at radius 2 is 2.32 bits per heavy atom. The fraction of sp³-hybridized carbons (Fsp3) is 0.333. The number of carbonyl (C=O) groups excluding carboxylic acids is 1. The van der Waals surface area contributed by atoms with E-state index < -0.39 is 6.10 Å². The summed E-state index contributed by atoms with van der Waals surface area (Å²) >= 11 is 0. The van der Waals surface area contributed by atoms with Crippen LogP contribution in [0.2, 0.25) is 0 Å². The van der Waals surface area contributed by atoms with Crippen molar-refractivity contribution in [1.82, 2.24) is 25.1 Å². The molecule has 0 fully saturated rings. The van der Waals surface area contributed by atoms with Gasteiger partial charge in [0.15, 0.2) is 0 Å². The van der Waals surface area contributed by atoms with E-state index in [4.69, 9.17) is 0 Å². The number of hydrogen-bond donors (Lipinski definition) is 1. The lowest BCUT2D eigenvalue weighted by Crippen LogP contribution is -2.33. The summed E-state index contributed by atoms with van der Waals surface area (Å²) in [6.45, 7) is 1.93. The highest BCUT2D eigenvalue weighted by atomic mass is 16.3. The van der Waals surface area contributed by atoms with E-state index in [1.54, 1.807) is 32.2 Å². The quantitative estimate of drug-likeness (QED) is 0.844. The third-order valence-corrected chi connectivity index (χ3v) is 2.59. The van der Waals surface area contributed by atoms with Crippen molar-refractivity contribution in [2.75, 3.05) is 13.6 Å². The lowest BCUT2D eigenvalue weighted by molar-refractivity contribution is 0.0703. The van der Waals surface area contributed by atoms with E-state index in [1.165, 1.54) is 15.9 Å². The molecule has 0 aliphatic heterocycles. The van der Waals surface area contributed by atoms with Gasteiger partial charge in [-0.15, -0.1) is 5.10 Å². The zero-order chi connectivity index (χ0) is 13.8. The van der Waals surface area contributed by atoms with E-state index in [2.05, 4.69) is 15.5 Å². The zero-order valence-electron chi connectivity index (χ0n) is 10.8. The van der Waals surface area contributed by atoms with Gasteiger partial charge in [-0.3, -0.25) is 4.79 Å². The topological polar surface area (TPSA) is 84.1 Å². The number of amides is 1. The molecule has 1 heterocycles. The molecule has 0 aliphatic rings. The summed E-state index contributed by atoms with van der Waals surface area (Å²) in [5.74, 6) is -0.157. The number of carbonyl (C=O) groups is 1. The molecule has 1 amide bonds. The van der Waals surface area contributed by atoms with E-state index in [0.29, 0.717) is 11.3 Å². The van der Waals surface area contributed by atoms with Crippen LogP contribution in [-0.2, 0) is 0 Å². The minimum Gasteiger partial charge on any atom is -0.392 e. The predicted molar refractivity (Wildman–Crippen MR) is 67.8 cm³/mol. The van der Waals surface area contributed by atoms with Gasteiger partial charge in [-0.1, -0.05) is 6.07 Å². The fourth-order valence-corrected chi connectivity index (χ4v) is 1.76. The molecule has 100 valence electrons. The Morgan fingerprint density at radius 3 is 2.95 bits per heavy atom. The highest BCUT2D eigenvalue weighted by Crippen LogP contribution is 2.10. The molecule has 19 heavy (non-hydrogen) atoms. The van der Waals surface area contributed by atoms with Crippen LogP contribution >= 0.6 is 0 Å². The van der Waals surface area contributed by atoms with Crippen molar-refractivity contribution < 1.29 is 9.90 Å². The van der Waals surface area contributed by atoms with Gasteiger partial charge in [-0.2, -0.15) is 0 Å². The molecule has 0 bridgehead atoms. The summed E-state index contributed by atoms with van der Waals surface area (Å²) in [5, 5.41) is 20.2. The van der Waals surface area contributed by atoms with E-state index in [-0.39, 0.29) is 12.5 Å². The van der Waals surface area contributed by atoms with Gasteiger partial charge < -0.3 is 10.0 Å². The van der Waals surface area contributed by atoms with Crippen LogP contribution in [0, 0.1) is 0 Å². The number of hydrogen-bond acceptors (Lipinski definition) is 5. The molecule has 1 unspecified atom stereocenters. The Balaban J connectivity index is 2.21. The molecular formula is C12H15N5O2. The maximum Gasteiger partial charge on any atom is 0.253 e. The van der Waals surface area contributed by atoms with Gasteiger partial charge in [0.25, 0.3) is 5.91 Å². The van der Waals surface area contributed by atoms with Crippen LogP contribution in [0.1, 0.15) is 17.3 Å². The Bertz CT molecular complexity index is 553. The average Bonchev–Trinajstić information content (AvgIpc) is 2.91. The van der Waals surface area contributed by atoms with Gasteiger partial charge in [-0.05, 0) is 35.5 Å². The smallest absolute Gasteiger partial charge is 0.253 e. The number of rotatable bonds is 4. The van der Waals surface area contributed by atoms with E-state index in [0.717, 1.165) is 0 Å². The standard InChI is InChI=1S/C12H15N5O2/c1-9(18)7-16(2)12(19)10-4-3-5-11(6-10)17-8-13-14-15-17/h3-6,8-9,18H,7H2,1-2H3. The third kappa shape index (κ3) is 3.14. The number of benzene rings is 1. The molecule has 0 radical (unpaired) electrons. The van der Waals surface area contributed by atoms with Crippen LogP contribution in [0.25, 0.3) is 5.69 Å². The number of nitrogens with zero attached hydrogens (tertiary/aromatic N) is 5. The van der Waals surface area contributed by atoms with Crippen LogP contribution in [0.5, 0.6) is 0 Å². The largest absolute Gasteiger partial charge is 0.392 e. The third-order valence-electron chi connectivity index (χ3n) is 2.59. The first kappa shape index (κ1) is 13.2. The molecule has 0 aliphatic carbocycles. The van der Waals surface area contributed by atoms with Crippen LogP contribution in [0.15, 0.2) is 30.6 Å². The molecular weight excluding hydrogens is 246 g/mol.